The average Bonchev–Trinajstić information content (AvgIpc) is 2.97. The summed E-state index contributed by atoms with van der Waals surface area (Å²) in [6.45, 7) is 6.37. The molecule has 0 aromatic heterocycles. The third-order valence-electron chi connectivity index (χ3n) is 3.89. The van der Waals surface area contributed by atoms with Crippen LogP contribution in [0, 0.1) is 5.92 Å². The van der Waals surface area contributed by atoms with Gasteiger partial charge in [0, 0.05) is 12.0 Å². The molecule has 0 fully saturated rings. The van der Waals surface area contributed by atoms with E-state index in [0.29, 0.717) is 17.9 Å². The fourth-order valence-corrected chi connectivity index (χ4v) is 2.47. The molecule has 4 heteroatoms. The second-order valence-corrected chi connectivity index (χ2v) is 6.80. The molecule has 1 aliphatic carbocycles. The summed E-state index contributed by atoms with van der Waals surface area (Å²) in [7, 11) is 0. The molecule has 118 valence electrons. The van der Waals surface area contributed by atoms with E-state index in [9.17, 15) is 9.59 Å². The molecule has 2 rings (SSSR count). The van der Waals surface area contributed by atoms with E-state index in [1.807, 2.05) is 12.1 Å². The highest BCUT2D eigenvalue weighted by molar-refractivity contribution is 5.95. The Bertz CT molecular complexity index is 568. The van der Waals surface area contributed by atoms with Crippen LogP contribution in [0.1, 0.15) is 56.0 Å². The number of hydrogen-bond donors (Lipinski definition) is 2. The fourth-order valence-electron chi connectivity index (χ4n) is 2.47. The molecule has 1 aromatic carbocycles. The van der Waals surface area contributed by atoms with Crippen molar-refractivity contribution in [1.82, 2.24) is 10.9 Å². The van der Waals surface area contributed by atoms with Crippen molar-refractivity contribution in [2.75, 3.05) is 0 Å². The number of allylic oxidation sites excluding steroid dienone is 2. The van der Waals surface area contributed by atoms with Gasteiger partial charge < -0.3 is 0 Å². The van der Waals surface area contributed by atoms with Gasteiger partial charge in [-0.25, -0.2) is 0 Å². The van der Waals surface area contributed by atoms with Crippen LogP contribution in [0.3, 0.4) is 0 Å². The lowest BCUT2D eigenvalue weighted by molar-refractivity contribution is -0.122. The van der Waals surface area contributed by atoms with Crippen molar-refractivity contribution < 1.29 is 9.59 Å². The molecular weight excluding hydrogens is 276 g/mol. The van der Waals surface area contributed by atoms with Crippen LogP contribution in [0.4, 0.5) is 0 Å². The molecule has 0 spiro atoms. The van der Waals surface area contributed by atoms with Crippen LogP contribution < -0.4 is 10.9 Å². The standard InChI is InChI=1S/C18H24N2O2/c1-18(2,3)15-10-8-14(9-11-15)17(22)20-19-16(21)12-13-6-4-5-7-13/h4,6,8-11,13H,5,7,12H2,1-3H3,(H,19,21)(H,20,22)/t13-/m0/s1. The Morgan fingerprint density at radius 1 is 1.14 bits per heavy atom. The Kier molecular flexibility index (Phi) is 5.01. The maximum Gasteiger partial charge on any atom is 0.269 e. The Labute approximate surface area is 132 Å². The highest BCUT2D eigenvalue weighted by atomic mass is 16.2. The molecule has 2 N–H and O–H groups in total. The molecule has 0 bridgehead atoms. The summed E-state index contributed by atoms with van der Waals surface area (Å²) < 4.78 is 0. The SMILES string of the molecule is CC(C)(C)c1ccc(C(=O)NNC(=O)C[C@H]2C=CCC2)cc1. The second-order valence-electron chi connectivity index (χ2n) is 6.80. The molecule has 0 unspecified atom stereocenters. The molecule has 1 atom stereocenters. The van der Waals surface area contributed by atoms with Gasteiger partial charge in [-0.1, -0.05) is 45.1 Å². The van der Waals surface area contributed by atoms with Gasteiger partial charge in [-0.15, -0.1) is 0 Å². The summed E-state index contributed by atoms with van der Waals surface area (Å²) in [6.07, 6.45) is 6.61. The van der Waals surface area contributed by atoms with Gasteiger partial charge in [0.25, 0.3) is 5.91 Å². The van der Waals surface area contributed by atoms with Gasteiger partial charge in [0.2, 0.25) is 5.91 Å². The first kappa shape index (κ1) is 16.3. The summed E-state index contributed by atoms with van der Waals surface area (Å²) >= 11 is 0. The predicted molar refractivity (Wildman–Crippen MR) is 87.2 cm³/mol. The van der Waals surface area contributed by atoms with Gasteiger partial charge in [0.15, 0.2) is 0 Å². The Balaban J connectivity index is 1.84. The van der Waals surface area contributed by atoms with Crippen molar-refractivity contribution in [2.24, 2.45) is 5.92 Å². The average molecular weight is 300 g/mol. The predicted octanol–water partition coefficient (Wildman–Crippen LogP) is 3.10. The lowest BCUT2D eigenvalue weighted by Crippen LogP contribution is -2.42. The Hall–Kier alpha value is -2.10. The zero-order valence-corrected chi connectivity index (χ0v) is 13.5. The van der Waals surface area contributed by atoms with Crippen LogP contribution >= 0.6 is 0 Å². The summed E-state index contributed by atoms with van der Waals surface area (Å²) in [4.78, 5) is 23.8. The van der Waals surface area contributed by atoms with E-state index >= 15 is 0 Å². The van der Waals surface area contributed by atoms with Gasteiger partial charge in [0.05, 0.1) is 0 Å². The van der Waals surface area contributed by atoms with Gasteiger partial charge in [0.1, 0.15) is 0 Å². The Morgan fingerprint density at radius 3 is 2.36 bits per heavy atom. The minimum atomic E-state index is -0.296. The third kappa shape index (κ3) is 4.45. The lowest BCUT2D eigenvalue weighted by atomic mass is 9.87. The van der Waals surface area contributed by atoms with Crippen LogP contribution in [0.25, 0.3) is 0 Å². The van der Waals surface area contributed by atoms with Crippen LogP contribution in [-0.2, 0) is 10.2 Å². The van der Waals surface area contributed by atoms with E-state index in [4.69, 9.17) is 0 Å². The van der Waals surface area contributed by atoms with Gasteiger partial charge in [-0.2, -0.15) is 0 Å². The van der Waals surface area contributed by atoms with Crippen molar-refractivity contribution in [2.45, 2.75) is 45.4 Å². The van der Waals surface area contributed by atoms with Crippen molar-refractivity contribution in [3.05, 3.63) is 47.5 Å². The number of nitrogens with one attached hydrogen (secondary N) is 2. The topological polar surface area (TPSA) is 58.2 Å². The quantitative estimate of drug-likeness (QED) is 0.665. The van der Waals surface area contributed by atoms with Gasteiger partial charge in [-0.3, -0.25) is 20.4 Å². The normalized spacial score (nSPS) is 17.3. The molecule has 0 heterocycles. The van der Waals surface area contributed by atoms with Gasteiger partial charge >= 0.3 is 0 Å². The van der Waals surface area contributed by atoms with E-state index < -0.39 is 0 Å². The zero-order chi connectivity index (χ0) is 16.2. The molecule has 0 radical (unpaired) electrons. The van der Waals surface area contributed by atoms with E-state index in [-0.39, 0.29) is 17.2 Å². The number of amides is 2. The number of rotatable bonds is 3. The summed E-state index contributed by atoms with van der Waals surface area (Å²) in [5.74, 6) is -0.157. The number of carbonyl (C=O) groups is 2. The molecule has 2 amide bonds. The van der Waals surface area contributed by atoms with Gasteiger partial charge in [-0.05, 0) is 41.9 Å². The molecule has 0 saturated heterocycles. The lowest BCUT2D eigenvalue weighted by Gasteiger charge is -2.19. The number of hydrazine groups is 1. The molecular formula is C18H24N2O2. The van der Waals surface area contributed by atoms with Crippen molar-refractivity contribution >= 4 is 11.8 Å². The molecule has 1 aliphatic rings. The Morgan fingerprint density at radius 2 is 1.82 bits per heavy atom. The third-order valence-corrected chi connectivity index (χ3v) is 3.89. The smallest absolute Gasteiger partial charge is 0.269 e. The summed E-state index contributed by atoms with van der Waals surface area (Å²) in [5.41, 5.74) is 6.71. The van der Waals surface area contributed by atoms with Crippen molar-refractivity contribution in [3.63, 3.8) is 0 Å². The first-order valence-corrected chi connectivity index (χ1v) is 7.72. The first-order chi connectivity index (χ1) is 10.4. The number of carbonyl (C=O) groups excluding carboxylic acids is 2. The maximum atomic E-state index is 12.0. The van der Waals surface area contributed by atoms with E-state index in [1.165, 1.54) is 5.56 Å². The van der Waals surface area contributed by atoms with Crippen molar-refractivity contribution in [3.8, 4) is 0 Å². The van der Waals surface area contributed by atoms with E-state index in [2.05, 4.69) is 43.8 Å². The maximum absolute atomic E-state index is 12.0. The number of benzene rings is 1. The number of hydrogen-bond acceptors (Lipinski definition) is 2. The largest absolute Gasteiger partial charge is 0.273 e. The first-order valence-electron chi connectivity index (χ1n) is 7.72. The van der Waals surface area contributed by atoms with Crippen LogP contribution in [-0.4, -0.2) is 11.8 Å². The summed E-state index contributed by atoms with van der Waals surface area (Å²) in [5, 5.41) is 0. The highest BCUT2D eigenvalue weighted by Crippen LogP contribution is 2.22. The summed E-state index contributed by atoms with van der Waals surface area (Å²) in [6, 6.07) is 7.45. The zero-order valence-electron chi connectivity index (χ0n) is 13.5. The van der Waals surface area contributed by atoms with Crippen LogP contribution in [0.2, 0.25) is 0 Å². The monoisotopic (exact) mass is 300 g/mol. The van der Waals surface area contributed by atoms with Crippen LogP contribution in [0.15, 0.2) is 36.4 Å². The van der Waals surface area contributed by atoms with Crippen molar-refractivity contribution in [1.29, 1.82) is 0 Å². The highest BCUT2D eigenvalue weighted by Gasteiger charge is 2.16. The second kappa shape index (κ2) is 6.77. The molecule has 0 saturated carbocycles. The van der Waals surface area contributed by atoms with E-state index in [0.717, 1.165) is 12.8 Å². The minimum absolute atomic E-state index is 0.0536. The van der Waals surface area contributed by atoms with Crippen LogP contribution in [0.5, 0.6) is 0 Å². The molecule has 0 aliphatic heterocycles. The molecule has 1 aromatic rings. The fraction of sp³-hybridized carbons (Fsp3) is 0.444. The molecule has 4 nitrogen and oxygen atoms in total. The molecule has 22 heavy (non-hydrogen) atoms. The minimum Gasteiger partial charge on any atom is -0.273 e. The van der Waals surface area contributed by atoms with E-state index in [1.54, 1.807) is 12.1 Å².